The average molecular weight is 291 g/mol. The lowest BCUT2D eigenvalue weighted by Crippen LogP contribution is -2.25. The number of pyridine rings is 1. The summed E-state index contributed by atoms with van der Waals surface area (Å²) in [6, 6.07) is 8.78. The zero-order valence-electron chi connectivity index (χ0n) is 11.4. The van der Waals surface area contributed by atoms with E-state index in [-0.39, 0.29) is 11.4 Å². The summed E-state index contributed by atoms with van der Waals surface area (Å²) in [5, 5.41) is 0. The Balaban J connectivity index is 2.30. The van der Waals surface area contributed by atoms with Gasteiger partial charge in [0, 0.05) is 11.9 Å². The van der Waals surface area contributed by atoms with Crippen molar-refractivity contribution >= 4 is 15.7 Å². The van der Waals surface area contributed by atoms with Crippen LogP contribution in [0.3, 0.4) is 0 Å². The van der Waals surface area contributed by atoms with Crippen LogP contribution < -0.4 is 10.5 Å². The molecule has 1 aromatic carbocycles. The van der Waals surface area contributed by atoms with Gasteiger partial charge in [-0.25, -0.2) is 13.1 Å². The maximum Gasteiger partial charge on any atom is 0.241 e. The number of hydrogen-bond acceptors (Lipinski definition) is 4. The molecule has 0 spiro atoms. The van der Waals surface area contributed by atoms with E-state index in [0.29, 0.717) is 22.5 Å². The Bertz CT molecular complexity index is 713. The maximum absolute atomic E-state index is 12.4. The fourth-order valence-corrected chi connectivity index (χ4v) is 3.49. The number of nitrogens with two attached hydrogens (primary N) is 1. The third kappa shape index (κ3) is 2.97. The van der Waals surface area contributed by atoms with E-state index in [9.17, 15) is 8.42 Å². The SMILES string of the molecule is Cc1ccc(N)c(C)c1S(=O)(=O)NCc1ccccn1. The molecule has 0 bridgehead atoms. The average Bonchev–Trinajstić information content (AvgIpc) is 2.42. The van der Waals surface area contributed by atoms with Gasteiger partial charge in [0.2, 0.25) is 10.0 Å². The molecule has 2 aromatic rings. The Kier molecular flexibility index (Phi) is 4.06. The van der Waals surface area contributed by atoms with Crippen molar-refractivity contribution in [3.05, 3.63) is 53.3 Å². The molecule has 106 valence electrons. The normalized spacial score (nSPS) is 11.5. The van der Waals surface area contributed by atoms with E-state index in [2.05, 4.69) is 9.71 Å². The first kappa shape index (κ1) is 14.5. The number of aromatic nitrogens is 1. The zero-order valence-corrected chi connectivity index (χ0v) is 12.2. The standard InChI is InChI=1S/C14H17N3O2S/c1-10-6-7-13(15)11(2)14(10)20(18,19)17-9-12-5-3-4-8-16-12/h3-8,17H,9,15H2,1-2H3. The summed E-state index contributed by atoms with van der Waals surface area (Å²) in [6.07, 6.45) is 1.63. The fourth-order valence-electron chi connectivity index (χ4n) is 2.00. The van der Waals surface area contributed by atoms with Crippen molar-refractivity contribution in [2.75, 3.05) is 5.73 Å². The molecule has 2 rings (SSSR count). The van der Waals surface area contributed by atoms with E-state index < -0.39 is 10.0 Å². The number of aryl methyl sites for hydroxylation is 1. The summed E-state index contributed by atoms with van der Waals surface area (Å²) < 4.78 is 27.4. The molecule has 1 aromatic heterocycles. The number of sulfonamides is 1. The highest BCUT2D eigenvalue weighted by Crippen LogP contribution is 2.24. The van der Waals surface area contributed by atoms with Gasteiger partial charge < -0.3 is 5.73 Å². The third-order valence-electron chi connectivity index (χ3n) is 3.08. The minimum absolute atomic E-state index is 0.150. The van der Waals surface area contributed by atoms with Crippen molar-refractivity contribution in [3.8, 4) is 0 Å². The number of nitrogens with one attached hydrogen (secondary N) is 1. The van der Waals surface area contributed by atoms with E-state index in [1.807, 2.05) is 6.07 Å². The fraction of sp³-hybridized carbons (Fsp3) is 0.214. The van der Waals surface area contributed by atoms with Gasteiger partial charge in [-0.3, -0.25) is 4.98 Å². The van der Waals surface area contributed by atoms with Gasteiger partial charge in [0.05, 0.1) is 17.1 Å². The topological polar surface area (TPSA) is 85.1 Å². The molecule has 6 heteroatoms. The smallest absolute Gasteiger partial charge is 0.241 e. The van der Waals surface area contributed by atoms with Crippen LogP contribution in [-0.2, 0) is 16.6 Å². The highest BCUT2D eigenvalue weighted by atomic mass is 32.2. The summed E-state index contributed by atoms with van der Waals surface area (Å²) in [4.78, 5) is 4.33. The predicted octanol–water partition coefficient (Wildman–Crippen LogP) is 1.76. The molecule has 0 radical (unpaired) electrons. The van der Waals surface area contributed by atoms with Gasteiger partial charge in [-0.05, 0) is 43.2 Å². The monoisotopic (exact) mass is 291 g/mol. The molecule has 0 aliphatic heterocycles. The van der Waals surface area contributed by atoms with Gasteiger partial charge in [-0.2, -0.15) is 0 Å². The molecule has 0 saturated carbocycles. The van der Waals surface area contributed by atoms with Crippen LogP contribution in [0.5, 0.6) is 0 Å². The Morgan fingerprint density at radius 2 is 1.95 bits per heavy atom. The Hall–Kier alpha value is -1.92. The van der Waals surface area contributed by atoms with Crippen LogP contribution in [0.15, 0.2) is 41.4 Å². The third-order valence-corrected chi connectivity index (χ3v) is 4.77. The van der Waals surface area contributed by atoms with Crippen LogP contribution in [0.1, 0.15) is 16.8 Å². The van der Waals surface area contributed by atoms with Crippen molar-refractivity contribution < 1.29 is 8.42 Å². The summed E-state index contributed by atoms with van der Waals surface area (Å²) in [7, 11) is -3.61. The van der Waals surface area contributed by atoms with Crippen molar-refractivity contribution in [1.82, 2.24) is 9.71 Å². The van der Waals surface area contributed by atoms with Gasteiger partial charge in [0.1, 0.15) is 0 Å². The molecule has 0 atom stereocenters. The molecule has 5 nitrogen and oxygen atoms in total. The second-order valence-corrected chi connectivity index (χ2v) is 6.28. The van der Waals surface area contributed by atoms with E-state index >= 15 is 0 Å². The zero-order chi connectivity index (χ0) is 14.8. The Morgan fingerprint density at radius 1 is 1.20 bits per heavy atom. The summed E-state index contributed by atoms with van der Waals surface area (Å²) in [6.45, 7) is 3.61. The van der Waals surface area contributed by atoms with Crippen molar-refractivity contribution in [3.63, 3.8) is 0 Å². The number of anilines is 1. The van der Waals surface area contributed by atoms with Crippen LogP contribution >= 0.6 is 0 Å². The minimum Gasteiger partial charge on any atom is -0.398 e. The van der Waals surface area contributed by atoms with E-state index in [1.54, 1.807) is 44.3 Å². The molecule has 3 N–H and O–H groups in total. The lowest BCUT2D eigenvalue weighted by molar-refractivity contribution is 0.579. The van der Waals surface area contributed by atoms with Gasteiger partial charge in [0.25, 0.3) is 0 Å². The molecular weight excluding hydrogens is 274 g/mol. The summed E-state index contributed by atoms with van der Waals surface area (Å²) in [5.41, 5.74) is 8.16. The molecule has 0 saturated heterocycles. The van der Waals surface area contributed by atoms with Crippen LogP contribution in [0.2, 0.25) is 0 Å². The maximum atomic E-state index is 12.4. The van der Waals surface area contributed by atoms with Gasteiger partial charge in [0.15, 0.2) is 0 Å². The van der Waals surface area contributed by atoms with Crippen LogP contribution in [0.25, 0.3) is 0 Å². The van der Waals surface area contributed by atoms with Gasteiger partial charge in [-0.15, -0.1) is 0 Å². The van der Waals surface area contributed by atoms with E-state index in [4.69, 9.17) is 5.73 Å². The van der Waals surface area contributed by atoms with Crippen LogP contribution in [-0.4, -0.2) is 13.4 Å². The van der Waals surface area contributed by atoms with Gasteiger partial charge >= 0.3 is 0 Å². The molecule has 0 aliphatic rings. The lowest BCUT2D eigenvalue weighted by atomic mass is 10.1. The largest absolute Gasteiger partial charge is 0.398 e. The second kappa shape index (κ2) is 5.60. The number of nitrogens with zero attached hydrogens (tertiary/aromatic N) is 1. The lowest BCUT2D eigenvalue weighted by Gasteiger charge is -2.13. The number of nitrogen functional groups attached to an aromatic ring is 1. The van der Waals surface area contributed by atoms with Crippen LogP contribution in [0, 0.1) is 13.8 Å². The molecule has 1 heterocycles. The number of hydrogen-bond donors (Lipinski definition) is 2. The quantitative estimate of drug-likeness (QED) is 0.841. The highest BCUT2D eigenvalue weighted by Gasteiger charge is 2.20. The van der Waals surface area contributed by atoms with Crippen LogP contribution in [0.4, 0.5) is 5.69 Å². The van der Waals surface area contributed by atoms with Crippen molar-refractivity contribution in [1.29, 1.82) is 0 Å². The van der Waals surface area contributed by atoms with Crippen molar-refractivity contribution in [2.45, 2.75) is 25.3 Å². The molecule has 0 unspecified atom stereocenters. The number of rotatable bonds is 4. The number of benzene rings is 1. The first-order valence-corrected chi connectivity index (χ1v) is 7.65. The Labute approximate surface area is 118 Å². The molecule has 0 aliphatic carbocycles. The first-order chi connectivity index (χ1) is 9.42. The van der Waals surface area contributed by atoms with E-state index in [1.165, 1.54) is 0 Å². The summed E-state index contributed by atoms with van der Waals surface area (Å²) >= 11 is 0. The predicted molar refractivity (Wildman–Crippen MR) is 78.6 cm³/mol. The van der Waals surface area contributed by atoms with E-state index in [0.717, 1.165) is 0 Å². The second-order valence-electron chi connectivity index (χ2n) is 4.57. The Morgan fingerprint density at radius 3 is 2.60 bits per heavy atom. The first-order valence-electron chi connectivity index (χ1n) is 6.17. The molecule has 0 amide bonds. The molecular formula is C14H17N3O2S. The minimum atomic E-state index is -3.61. The molecule has 20 heavy (non-hydrogen) atoms. The molecule has 0 fully saturated rings. The summed E-state index contributed by atoms with van der Waals surface area (Å²) in [5.74, 6) is 0. The van der Waals surface area contributed by atoms with Crippen molar-refractivity contribution in [2.24, 2.45) is 0 Å². The van der Waals surface area contributed by atoms with Gasteiger partial charge in [-0.1, -0.05) is 12.1 Å². The highest BCUT2D eigenvalue weighted by molar-refractivity contribution is 7.89.